The molecule has 2 aromatic carbocycles. The number of ketones is 2. The van der Waals surface area contributed by atoms with Gasteiger partial charge in [-0.2, -0.15) is 0 Å². The Kier molecular flexibility index (Phi) is 8.59. The second-order valence-electron chi connectivity index (χ2n) is 8.79. The molecule has 0 saturated heterocycles. The van der Waals surface area contributed by atoms with Crippen LogP contribution < -0.4 is 10.6 Å². The van der Waals surface area contributed by atoms with E-state index < -0.39 is 17.4 Å². The van der Waals surface area contributed by atoms with Crippen LogP contribution in [0.4, 0.5) is 20.2 Å². The fourth-order valence-corrected chi connectivity index (χ4v) is 4.40. The zero-order valence-corrected chi connectivity index (χ0v) is 19.8. The number of hydrogen-bond donors (Lipinski definition) is 2. The Labute approximate surface area is 195 Å². The van der Waals surface area contributed by atoms with Crippen LogP contribution in [0.15, 0.2) is 24.3 Å². The number of Topliss-reactive ketones (excluding diaryl/α,β-unsaturated/α-hetero) is 1. The molecule has 33 heavy (non-hydrogen) atoms. The summed E-state index contributed by atoms with van der Waals surface area (Å²) in [4.78, 5) is 26.9. The molecule has 3 rings (SSSR count). The Morgan fingerprint density at radius 2 is 1.58 bits per heavy atom. The molecular weight excluding hydrogens is 422 g/mol. The third-order valence-electron chi connectivity index (χ3n) is 6.44. The maximum atomic E-state index is 15.4. The first-order valence-electron chi connectivity index (χ1n) is 12.1. The largest absolute Gasteiger partial charge is 0.382 e. The highest BCUT2D eigenvalue weighted by Gasteiger charge is 2.35. The predicted octanol–water partition coefficient (Wildman–Crippen LogP) is 6.77. The number of anilines is 2. The minimum absolute atomic E-state index is 0.0318. The molecule has 0 radical (unpaired) electrons. The first-order chi connectivity index (χ1) is 15.9. The molecule has 0 saturated carbocycles. The van der Waals surface area contributed by atoms with Crippen LogP contribution in [-0.2, 0) is 6.42 Å². The molecule has 4 nitrogen and oxygen atoms in total. The van der Waals surface area contributed by atoms with Crippen molar-refractivity contribution < 1.29 is 18.4 Å². The lowest BCUT2D eigenvalue weighted by Gasteiger charge is -2.22. The van der Waals surface area contributed by atoms with Crippen molar-refractivity contribution in [2.24, 2.45) is 5.92 Å². The molecule has 0 aromatic heterocycles. The topological polar surface area (TPSA) is 58.2 Å². The zero-order chi connectivity index (χ0) is 24.0. The maximum Gasteiger partial charge on any atom is 0.196 e. The summed E-state index contributed by atoms with van der Waals surface area (Å²) in [6.45, 7) is 6.95. The first kappa shape index (κ1) is 24.9. The van der Waals surface area contributed by atoms with E-state index in [0.717, 1.165) is 38.5 Å². The van der Waals surface area contributed by atoms with Crippen LogP contribution in [0.3, 0.4) is 0 Å². The van der Waals surface area contributed by atoms with Gasteiger partial charge in [-0.05, 0) is 24.3 Å². The van der Waals surface area contributed by atoms with Crippen molar-refractivity contribution in [1.29, 1.82) is 0 Å². The molecule has 0 bridgehead atoms. The zero-order valence-electron chi connectivity index (χ0n) is 19.8. The summed E-state index contributed by atoms with van der Waals surface area (Å²) in [7, 11) is 0. The minimum Gasteiger partial charge on any atom is -0.382 e. The summed E-state index contributed by atoms with van der Waals surface area (Å²) in [5.41, 5.74) is 0.420. The highest BCUT2D eigenvalue weighted by atomic mass is 19.2. The van der Waals surface area contributed by atoms with E-state index in [1.807, 2.05) is 6.92 Å². The van der Waals surface area contributed by atoms with E-state index in [9.17, 15) is 9.59 Å². The van der Waals surface area contributed by atoms with Crippen molar-refractivity contribution in [2.75, 3.05) is 23.7 Å². The van der Waals surface area contributed by atoms with Gasteiger partial charge in [-0.25, -0.2) is 8.78 Å². The summed E-state index contributed by atoms with van der Waals surface area (Å²) in [5, 5.41) is 5.93. The third kappa shape index (κ3) is 5.26. The molecule has 1 aliphatic rings. The number of fused-ring (bicyclic) bond motifs is 2. The van der Waals surface area contributed by atoms with Crippen LogP contribution in [0.2, 0.25) is 0 Å². The van der Waals surface area contributed by atoms with Crippen molar-refractivity contribution in [1.82, 2.24) is 0 Å². The average molecular weight is 457 g/mol. The van der Waals surface area contributed by atoms with Gasteiger partial charge in [0.2, 0.25) is 0 Å². The number of carbonyl (C=O) groups is 2. The number of benzene rings is 2. The normalized spacial score (nSPS) is 13.8. The van der Waals surface area contributed by atoms with Crippen molar-refractivity contribution in [3.05, 3.63) is 58.2 Å². The van der Waals surface area contributed by atoms with E-state index in [4.69, 9.17) is 0 Å². The number of halogens is 2. The smallest absolute Gasteiger partial charge is 0.196 e. The predicted molar refractivity (Wildman–Crippen MR) is 129 cm³/mol. The van der Waals surface area contributed by atoms with Crippen LogP contribution in [-0.4, -0.2) is 24.7 Å². The Morgan fingerprint density at radius 3 is 2.24 bits per heavy atom. The second kappa shape index (κ2) is 11.4. The van der Waals surface area contributed by atoms with Crippen LogP contribution in [0, 0.1) is 17.6 Å². The molecule has 2 N–H and O–H groups in total. The van der Waals surface area contributed by atoms with E-state index in [1.165, 1.54) is 0 Å². The van der Waals surface area contributed by atoms with Gasteiger partial charge in [-0.15, -0.1) is 0 Å². The van der Waals surface area contributed by atoms with Gasteiger partial charge in [-0.3, -0.25) is 9.59 Å². The summed E-state index contributed by atoms with van der Waals surface area (Å²) < 4.78 is 30.7. The number of hydrogen-bond acceptors (Lipinski definition) is 4. The molecule has 1 atom stereocenters. The van der Waals surface area contributed by atoms with Crippen LogP contribution in [0.25, 0.3) is 0 Å². The molecule has 2 aromatic rings. The highest BCUT2D eigenvalue weighted by Crippen LogP contribution is 2.39. The number of carbonyl (C=O) groups excluding carboxylic acids is 2. The van der Waals surface area contributed by atoms with Crippen molar-refractivity contribution >= 4 is 22.9 Å². The van der Waals surface area contributed by atoms with Crippen LogP contribution in [0.5, 0.6) is 0 Å². The summed E-state index contributed by atoms with van der Waals surface area (Å²) in [6, 6.07) is 6.84. The van der Waals surface area contributed by atoms with E-state index in [0.29, 0.717) is 24.2 Å². The standard InChI is InChI=1S/C27H34F2N2O2/c1-4-7-11-17(6-3)16-31-26-22-21(25(23(28)24(26)29)30-14-8-5-2)20(32)15-18-12-9-10-13-19(18)27(22)33/h9-10,12-13,17,30-31H,4-8,11,14-16H2,1-3H3. The third-order valence-corrected chi connectivity index (χ3v) is 6.44. The Balaban J connectivity index is 2.14. The van der Waals surface area contributed by atoms with Gasteiger partial charge in [0.1, 0.15) is 0 Å². The lowest BCUT2D eigenvalue weighted by atomic mass is 9.93. The Morgan fingerprint density at radius 1 is 0.909 bits per heavy atom. The molecule has 1 unspecified atom stereocenters. The van der Waals surface area contributed by atoms with Gasteiger partial charge in [-0.1, -0.05) is 70.7 Å². The highest BCUT2D eigenvalue weighted by molar-refractivity contribution is 6.23. The van der Waals surface area contributed by atoms with Gasteiger partial charge >= 0.3 is 0 Å². The van der Waals surface area contributed by atoms with E-state index in [1.54, 1.807) is 24.3 Å². The molecule has 0 fully saturated rings. The van der Waals surface area contributed by atoms with Gasteiger partial charge in [0.15, 0.2) is 23.2 Å². The van der Waals surface area contributed by atoms with Crippen molar-refractivity contribution in [2.45, 2.75) is 65.7 Å². The quantitative estimate of drug-likeness (QED) is 0.366. The van der Waals surface area contributed by atoms with E-state index in [-0.39, 0.29) is 40.6 Å². The molecule has 0 heterocycles. The monoisotopic (exact) mass is 456 g/mol. The first-order valence-corrected chi connectivity index (χ1v) is 12.1. The molecule has 1 aliphatic carbocycles. The van der Waals surface area contributed by atoms with Gasteiger partial charge < -0.3 is 10.6 Å². The van der Waals surface area contributed by atoms with E-state index in [2.05, 4.69) is 24.5 Å². The SMILES string of the molecule is CCCCNc1c(F)c(F)c(NCC(CC)CCCC)c2c1C(=O)Cc1ccccc1C2=O. The van der Waals surface area contributed by atoms with Crippen LogP contribution in [0.1, 0.15) is 91.1 Å². The van der Waals surface area contributed by atoms with Gasteiger partial charge in [0.25, 0.3) is 0 Å². The fraction of sp³-hybridized carbons (Fsp3) is 0.481. The lowest BCUT2D eigenvalue weighted by molar-refractivity contribution is 0.0985. The molecule has 178 valence electrons. The molecular formula is C27H34F2N2O2. The van der Waals surface area contributed by atoms with Crippen LogP contribution >= 0.6 is 0 Å². The maximum absolute atomic E-state index is 15.4. The summed E-state index contributed by atoms with van der Waals surface area (Å²) >= 11 is 0. The molecule has 6 heteroatoms. The Bertz CT molecular complexity index is 1020. The van der Waals surface area contributed by atoms with E-state index >= 15 is 8.78 Å². The number of nitrogens with one attached hydrogen (secondary N) is 2. The minimum atomic E-state index is -1.11. The van der Waals surface area contributed by atoms with Crippen molar-refractivity contribution in [3.63, 3.8) is 0 Å². The lowest BCUT2D eigenvalue weighted by Crippen LogP contribution is -2.21. The van der Waals surface area contributed by atoms with Gasteiger partial charge in [0, 0.05) is 25.1 Å². The average Bonchev–Trinajstić information content (AvgIpc) is 2.92. The molecule has 0 spiro atoms. The number of unbranched alkanes of at least 4 members (excludes halogenated alkanes) is 2. The van der Waals surface area contributed by atoms with Gasteiger partial charge in [0.05, 0.1) is 22.5 Å². The summed E-state index contributed by atoms with van der Waals surface area (Å²) in [6.07, 6.45) is 5.48. The fourth-order valence-electron chi connectivity index (χ4n) is 4.40. The van der Waals surface area contributed by atoms with Crippen molar-refractivity contribution in [3.8, 4) is 0 Å². The molecule has 0 aliphatic heterocycles. The molecule has 0 amide bonds. The summed E-state index contributed by atoms with van der Waals surface area (Å²) in [5.74, 6) is -2.80. The second-order valence-corrected chi connectivity index (χ2v) is 8.79. The number of rotatable bonds is 11. The Hall–Kier alpha value is -2.76.